The third-order valence-electron chi connectivity index (χ3n) is 1.60. The molecule has 0 fully saturated rings. The fourth-order valence-corrected chi connectivity index (χ4v) is 1.01. The smallest absolute Gasteiger partial charge is 0.150 e. The highest BCUT2D eigenvalue weighted by Crippen LogP contribution is 2.24. The predicted octanol–water partition coefficient (Wildman–Crippen LogP) is 1.18. The number of benzene rings is 1. The molecule has 0 amide bonds. The number of nitrogens with one attached hydrogen (secondary N) is 1. The second-order valence-corrected chi connectivity index (χ2v) is 2.45. The van der Waals surface area contributed by atoms with Crippen molar-refractivity contribution in [2.75, 3.05) is 12.0 Å². The summed E-state index contributed by atoms with van der Waals surface area (Å²) in [5.74, 6) is 5.85. The molecule has 0 atom stereocenters. The number of nitrogen functional groups attached to an aromatic ring is 1. The molecule has 0 aliphatic heterocycles. The average Bonchev–Trinajstić information content (AvgIpc) is 2.18. The first-order chi connectivity index (χ1) is 6.31. The summed E-state index contributed by atoms with van der Waals surface area (Å²) in [4.78, 5) is 10.5. The standard InChI is InChI=1S/C9H12N2O2/c1-2-13-9-5-7(6-12)3-4-8(9)11-10/h3-6,11H,2,10H2,1H3. The molecule has 0 saturated carbocycles. The van der Waals surface area contributed by atoms with Crippen LogP contribution < -0.4 is 16.0 Å². The lowest BCUT2D eigenvalue weighted by molar-refractivity contribution is 0.112. The summed E-state index contributed by atoms with van der Waals surface area (Å²) >= 11 is 0. The fraction of sp³-hybridized carbons (Fsp3) is 0.222. The molecule has 1 rings (SSSR count). The van der Waals surface area contributed by atoms with Crippen LogP contribution in [0.3, 0.4) is 0 Å². The quantitative estimate of drug-likeness (QED) is 0.415. The second kappa shape index (κ2) is 4.47. The fourth-order valence-electron chi connectivity index (χ4n) is 1.01. The van der Waals surface area contributed by atoms with Crippen molar-refractivity contribution in [3.05, 3.63) is 23.8 Å². The Labute approximate surface area is 76.7 Å². The van der Waals surface area contributed by atoms with Gasteiger partial charge in [0.1, 0.15) is 12.0 Å². The van der Waals surface area contributed by atoms with Gasteiger partial charge >= 0.3 is 0 Å². The number of hydrogen-bond donors (Lipinski definition) is 2. The summed E-state index contributed by atoms with van der Waals surface area (Å²) in [5, 5.41) is 0. The van der Waals surface area contributed by atoms with Gasteiger partial charge in [0.2, 0.25) is 0 Å². The number of carbonyl (C=O) groups excluding carboxylic acids is 1. The molecule has 1 aromatic rings. The van der Waals surface area contributed by atoms with E-state index in [1.165, 1.54) is 0 Å². The number of anilines is 1. The summed E-state index contributed by atoms with van der Waals surface area (Å²) in [6, 6.07) is 5.02. The van der Waals surface area contributed by atoms with Gasteiger partial charge in [-0.3, -0.25) is 10.6 Å². The largest absolute Gasteiger partial charge is 0.492 e. The lowest BCUT2D eigenvalue weighted by Crippen LogP contribution is -2.09. The van der Waals surface area contributed by atoms with Crippen LogP contribution in [-0.4, -0.2) is 12.9 Å². The number of hydrogen-bond acceptors (Lipinski definition) is 4. The molecule has 0 aliphatic carbocycles. The van der Waals surface area contributed by atoms with Crippen LogP contribution in [0.2, 0.25) is 0 Å². The van der Waals surface area contributed by atoms with Crippen LogP contribution in [0.5, 0.6) is 5.75 Å². The molecule has 0 spiro atoms. The minimum absolute atomic E-state index is 0.539. The molecular formula is C9H12N2O2. The summed E-state index contributed by atoms with van der Waals surface area (Å²) in [6.45, 7) is 2.41. The number of carbonyl (C=O) groups is 1. The van der Waals surface area contributed by atoms with Gasteiger partial charge in [0.05, 0.1) is 12.3 Å². The molecule has 1 aromatic carbocycles. The predicted molar refractivity (Wildman–Crippen MR) is 50.8 cm³/mol. The Morgan fingerprint density at radius 2 is 2.38 bits per heavy atom. The van der Waals surface area contributed by atoms with Crippen LogP contribution in [0.1, 0.15) is 17.3 Å². The van der Waals surface area contributed by atoms with Crippen molar-refractivity contribution in [1.82, 2.24) is 0 Å². The van der Waals surface area contributed by atoms with Gasteiger partial charge in [0.15, 0.2) is 0 Å². The highest BCUT2D eigenvalue weighted by molar-refractivity contribution is 5.77. The van der Waals surface area contributed by atoms with Crippen molar-refractivity contribution < 1.29 is 9.53 Å². The molecule has 4 heteroatoms. The van der Waals surface area contributed by atoms with E-state index in [4.69, 9.17) is 10.6 Å². The molecule has 0 unspecified atom stereocenters. The highest BCUT2D eigenvalue weighted by atomic mass is 16.5. The van der Waals surface area contributed by atoms with Crippen molar-refractivity contribution in [1.29, 1.82) is 0 Å². The van der Waals surface area contributed by atoms with E-state index in [2.05, 4.69) is 5.43 Å². The molecule has 0 heterocycles. The minimum Gasteiger partial charge on any atom is -0.492 e. The third kappa shape index (κ3) is 2.19. The average molecular weight is 180 g/mol. The topological polar surface area (TPSA) is 64.3 Å². The Balaban J connectivity index is 3.02. The van der Waals surface area contributed by atoms with Crippen LogP contribution in [0.4, 0.5) is 5.69 Å². The Morgan fingerprint density at radius 1 is 1.62 bits per heavy atom. The zero-order chi connectivity index (χ0) is 9.68. The first kappa shape index (κ1) is 9.54. The van der Waals surface area contributed by atoms with E-state index in [1.807, 2.05) is 6.92 Å². The van der Waals surface area contributed by atoms with Gasteiger partial charge in [-0.05, 0) is 25.1 Å². The molecule has 4 nitrogen and oxygen atoms in total. The maximum absolute atomic E-state index is 10.5. The number of hydrazine groups is 1. The van der Waals surface area contributed by atoms with E-state index in [9.17, 15) is 4.79 Å². The van der Waals surface area contributed by atoms with E-state index in [0.29, 0.717) is 23.6 Å². The van der Waals surface area contributed by atoms with Gasteiger partial charge in [-0.1, -0.05) is 0 Å². The van der Waals surface area contributed by atoms with Crippen LogP contribution in [0, 0.1) is 0 Å². The molecule has 0 saturated heterocycles. The van der Waals surface area contributed by atoms with Crippen molar-refractivity contribution >= 4 is 12.0 Å². The summed E-state index contributed by atoms with van der Waals surface area (Å²) in [6.07, 6.45) is 0.767. The number of nitrogens with two attached hydrogens (primary N) is 1. The van der Waals surface area contributed by atoms with E-state index in [-0.39, 0.29) is 0 Å². The first-order valence-electron chi connectivity index (χ1n) is 4.00. The maximum atomic E-state index is 10.5. The SMILES string of the molecule is CCOc1cc(C=O)ccc1NN. The molecule has 70 valence electrons. The van der Waals surface area contributed by atoms with Gasteiger partial charge in [0, 0.05) is 5.56 Å². The van der Waals surface area contributed by atoms with Crippen LogP contribution >= 0.6 is 0 Å². The van der Waals surface area contributed by atoms with Gasteiger partial charge in [-0.2, -0.15) is 0 Å². The Bertz CT molecular complexity index is 300. The molecule has 3 N–H and O–H groups in total. The van der Waals surface area contributed by atoms with Crippen LogP contribution in [-0.2, 0) is 0 Å². The molecule has 0 radical (unpaired) electrons. The lowest BCUT2D eigenvalue weighted by atomic mass is 10.2. The Kier molecular flexibility index (Phi) is 3.28. The second-order valence-electron chi connectivity index (χ2n) is 2.45. The number of ether oxygens (including phenoxy) is 1. The first-order valence-corrected chi connectivity index (χ1v) is 4.00. The van der Waals surface area contributed by atoms with Crippen molar-refractivity contribution in [3.63, 3.8) is 0 Å². The van der Waals surface area contributed by atoms with Gasteiger partial charge in [-0.25, -0.2) is 0 Å². The highest BCUT2D eigenvalue weighted by Gasteiger charge is 2.02. The third-order valence-corrected chi connectivity index (χ3v) is 1.60. The molecule has 0 bridgehead atoms. The van der Waals surface area contributed by atoms with Gasteiger partial charge in [0.25, 0.3) is 0 Å². The van der Waals surface area contributed by atoms with E-state index >= 15 is 0 Å². The van der Waals surface area contributed by atoms with Crippen LogP contribution in [0.15, 0.2) is 18.2 Å². The van der Waals surface area contributed by atoms with E-state index in [1.54, 1.807) is 18.2 Å². The normalized spacial score (nSPS) is 9.38. The van der Waals surface area contributed by atoms with Gasteiger partial charge in [-0.15, -0.1) is 0 Å². The van der Waals surface area contributed by atoms with Crippen LogP contribution in [0.25, 0.3) is 0 Å². The Morgan fingerprint density at radius 3 is 2.92 bits per heavy atom. The molecule has 0 aliphatic rings. The maximum Gasteiger partial charge on any atom is 0.150 e. The van der Waals surface area contributed by atoms with Gasteiger partial charge < -0.3 is 10.2 Å². The summed E-state index contributed by atoms with van der Waals surface area (Å²) in [5.41, 5.74) is 3.74. The van der Waals surface area contributed by atoms with Crippen molar-refractivity contribution in [2.45, 2.75) is 6.92 Å². The molecular weight excluding hydrogens is 168 g/mol. The lowest BCUT2D eigenvalue weighted by Gasteiger charge is -2.09. The molecule has 13 heavy (non-hydrogen) atoms. The number of aldehydes is 1. The van der Waals surface area contributed by atoms with E-state index < -0.39 is 0 Å². The summed E-state index contributed by atoms with van der Waals surface area (Å²) < 4.78 is 5.27. The monoisotopic (exact) mass is 180 g/mol. The minimum atomic E-state index is 0.539. The molecule has 0 aromatic heterocycles. The number of rotatable bonds is 4. The van der Waals surface area contributed by atoms with E-state index in [0.717, 1.165) is 6.29 Å². The Hall–Kier alpha value is -1.55. The zero-order valence-electron chi connectivity index (χ0n) is 7.41. The van der Waals surface area contributed by atoms with Crippen molar-refractivity contribution in [3.8, 4) is 5.75 Å². The summed E-state index contributed by atoms with van der Waals surface area (Å²) in [7, 11) is 0. The zero-order valence-corrected chi connectivity index (χ0v) is 7.41. The van der Waals surface area contributed by atoms with Crippen molar-refractivity contribution in [2.24, 2.45) is 5.84 Å².